The van der Waals surface area contributed by atoms with Gasteiger partial charge in [0.2, 0.25) is 0 Å². The summed E-state index contributed by atoms with van der Waals surface area (Å²) >= 11 is 0. The molecule has 2 aliphatic heterocycles. The lowest BCUT2D eigenvalue weighted by atomic mass is 9.93. The topological polar surface area (TPSA) is 15.3 Å². The van der Waals surface area contributed by atoms with Crippen LogP contribution in [0.15, 0.2) is 24.3 Å². The van der Waals surface area contributed by atoms with Crippen molar-refractivity contribution in [3.8, 4) is 0 Å². The lowest BCUT2D eigenvalue weighted by Crippen LogP contribution is -2.54. The normalized spacial score (nSPS) is 29.9. The summed E-state index contributed by atoms with van der Waals surface area (Å²) in [7, 11) is 0. The molecule has 2 aliphatic rings. The Morgan fingerprint density at radius 1 is 1.12 bits per heavy atom. The molecule has 1 N–H and O–H groups in total. The number of halogens is 1. The van der Waals surface area contributed by atoms with Crippen molar-refractivity contribution in [2.45, 2.75) is 31.3 Å². The van der Waals surface area contributed by atoms with E-state index in [2.05, 4.69) is 10.2 Å². The van der Waals surface area contributed by atoms with E-state index in [0.29, 0.717) is 12.1 Å². The Hall–Kier alpha value is -0.930. The first-order valence-electron chi connectivity index (χ1n) is 6.56. The van der Waals surface area contributed by atoms with Gasteiger partial charge in [0.15, 0.2) is 0 Å². The number of hydrogen-bond donors (Lipinski definition) is 1. The van der Waals surface area contributed by atoms with Gasteiger partial charge in [-0.15, -0.1) is 0 Å². The molecule has 2 nitrogen and oxygen atoms in total. The summed E-state index contributed by atoms with van der Waals surface area (Å²) in [6, 6.07) is 8.10. The summed E-state index contributed by atoms with van der Waals surface area (Å²) in [5.41, 5.74) is 1.24. The highest BCUT2D eigenvalue weighted by molar-refractivity contribution is 5.21. The van der Waals surface area contributed by atoms with Crippen LogP contribution in [0.4, 0.5) is 4.39 Å². The standard InChI is InChI=1S/C14H19FN2/c15-12-6-4-11(5-7-12)14-10-16-9-13-3-1-2-8-17(13)14/h4-7,13-14,16H,1-3,8-10H2. The average molecular weight is 234 g/mol. The summed E-state index contributed by atoms with van der Waals surface area (Å²) in [5, 5.41) is 3.51. The molecule has 0 amide bonds. The number of nitrogens with one attached hydrogen (secondary N) is 1. The fourth-order valence-electron chi connectivity index (χ4n) is 3.15. The van der Waals surface area contributed by atoms with Gasteiger partial charge in [0.25, 0.3) is 0 Å². The van der Waals surface area contributed by atoms with E-state index in [9.17, 15) is 4.39 Å². The number of benzene rings is 1. The van der Waals surface area contributed by atoms with E-state index >= 15 is 0 Å². The Morgan fingerprint density at radius 2 is 1.94 bits per heavy atom. The number of piperidine rings is 1. The highest BCUT2D eigenvalue weighted by atomic mass is 19.1. The summed E-state index contributed by atoms with van der Waals surface area (Å²) in [4.78, 5) is 2.60. The Labute approximate surface area is 102 Å². The number of fused-ring (bicyclic) bond motifs is 1. The van der Waals surface area contributed by atoms with Crippen molar-refractivity contribution in [2.24, 2.45) is 0 Å². The Morgan fingerprint density at radius 3 is 2.76 bits per heavy atom. The predicted molar refractivity (Wildman–Crippen MR) is 66.4 cm³/mol. The van der Waals surface area contributed by atoms with Gasteiger partial charge in [-0.05, 0) is 37.1 Å². The third-order valence-corrected chi connectivity index (χ3v) is 4.05. The largest absolute Gasteiger partial charge is 0.313 e. The Balaban J connectivity index is 1.83. The van der Waals surface area contributed by atoms with Gasteiger partial charge >= 0.3 is 0 Å². The van der Waals surface area contributed by atoms with E-state index in [0.717, 1.165) is 13.1 Å². The zero-order valence-electron chi connectivity index (χ0n) is 10.0. The van der Waals surface area contributed by atoms with Gasteiger partial charge in [-0.2, -0.15) is 0 Å². The van der Waals surface area contributed by atoms with Crippen molar-refractivity contribution in [1.29, 1.82) is 0 Å². The van der Waals surface area contributed by atoms with Crippen LogP contribution in [0, 0.1) is 5.82 Å². The minimum Gasteiger partial charge on any atom is -0.313 e. The number of piperazine rings is 1. The maximum Gasteiger partial charge on any atom is 0.123 e. The molecule has 0 aromatic heterocycles. The molecule has 0 radical (unpaired) electrons. The monoisotopic (exact) mass is 234 g/mol. The number of rotatable bonds is 1. The summed E-state index contributed by atoms with van der Waals surface area (Å²) in [6.45, 7) is 3.29. The third kappa shape index (κ3) is 2.22. The average Bonchev–Trinajstić information content (AvgIpc) is 2.39. The molecule has 0 spiro atoms. The molecule has 1 aromatic rings. The SMILES string of the molecule is Fc1ccc(C2CNCC3CCCCN32)cc1. The smallest absolute Gasteiger partial charge is 0.123 e. The predicted octanol–water partition coefficient (Wildman–Crippen LogP) is 2.32. The van der Waals surface area contributed by atoms with E-state index < -0.39 is 0 Å². The molecule has 1 aromatic carbocycles. The molecule has 3 heteroatoms. The first-order chi connectivity index (χ1) is 8.34. The van der Waals surface area contributed by atoms with Gasteiger partial charge in [-0.1, -0.05) is 18.6 Å². The van der Waals surface area contributed by atoms with Gasteiger partial charge in [0.05, 0.1) is 0 Å². The lowest BCUT2D eigenvalue weighted by Gasteiger charge is -2.45. The highest BCUT2D eigenvalue weighted by Crippen LogP contribution is 2.30. The van der Waals surface area contributed by atoms with Crippen molar-refractivity contribution in [1.82, 2.24) is 10.2 Å². The molecular weight excluding hydrogens is 215 g/mol. The molecule has 2 saturated heterocycles. The molecular formula is C14H19FN2. The zero-order valence-corrected chi connectivity index (χ0v) is 10.0. The van der Waals surface area contributed by atoms with E-state index in [1.54, 1.807) is 12.1 Å². The van der Waals surface area contributed by atoms with Crippen molar-refractivity contribution in [3.05, 3.63) is 35.6 Å². The lowest BCUT2D eigenvalue weighted by molar-refractivity contribution is 0.0643. The molecule has 2 heterocycles. The van der Waals surface area contributed by atoms with Crippen molar-refractivity contribution >= 4 is 0 Å². The fourth-order valence-corrected chi connectivity index (χ4v) is 3.15. The minimum absolute atomic E-state index is 0.146. The van der Waals surface area contributed by atoms with E-state index in [4.69, 9.17) is 0 Å². The molecule has 2 atom stereocenters. The van der Waals surface area contributed by atoms with Crippen LogP contribution in [-0.4, -0.2) is 30.6 Å². The first kappa shape index (κ1) is 11.2. The van der Waals surface area contributed by atoms with Crippen LogP contribution < -0.4 is 5.32 Å². The zero-order chi connectivity index (χ0) is 11.7. The van der Waals surface area contributed by atoms with E-state index in [-0.39, 0.29) is 5.82 Å². The molecule has 2 fully saturated rings. The van der Waals surface area contributed by atoms with Crippen LogP contribution in [0.1, 0.15) is 30.9 Å². The second kappa shape index (κ2) is 4.75. The van der Waals surface area contributed by atoms with Crippen LogP contribution >= 0.6 is 0 Å². The molecule has 17 heavy (non-hydrogen) atoms. The maximum atomic E-state index is 13.0. The number of nitrogens with zero attached hydrogens (tertiary/aromatic N) is 1. The fraction of sp³-hybridized carbons (Fsp3) is 0.571. The molecule has 0 saturated carbocycles. The van der Waals surface area contributed by atoms with Crippen LogP contribution in [-0.2, 0) is 0 Å². The second-order valence-corrected chi connectivity index (χ2v) is 5.11. The van der Waals surface area contributed by atoms with Crippen molar-refractivity contribution in [2.75, 3.05) is 19.6 Å². The summed E-state index contributed by atoms with van der Waals surface area (Å²) in [5.74, 6) is -0.146. The van der Waals surface area contributed by atoms with Crippen LogP contribution in [0.25, 0.3) is 0 Å². The maximum absolute atomic E-state index is 13.0. The van der Waals surface area contributed by atoms with Gasteiger partial charge < -0.3 is 5.32 Å². The quantitative estimate of drug-likeness (QED) is 0.802. The van der Waals surface area contributed by atoms with Gasteiger partial charge in [-0.3, -0.25) is 4.90 Å². The summed E-state index contributed by atoms with van der Waals surface area (Å²) < 4.78 is 13.0. The Bertz CT molecular complexity index is 374. The van der Waals surface area contributed by atoms with Crippen LogP contribution in [0.5, 0.6) is 0 Å². The van der Waals surface area contributed by atoms with Crippen LogP contribution in [0.3, 0.4) is 0 Å². The highest BCUT2D eigenvalue weighted by Gasteiger charge is 2.32. The third-order valence-electron chi connectivity index (χ3n) is 4.05. The van der Waals surface area contributed by atoms with Crippen molar-refractivity contribution < 1.29 is 4.39 Å². The van der Waals surface area contributed by atoms with Gasteiger partial charge in [-0.25, -0.2) is 4.39 Å². The molecule has 0 aliphatic carbocycles. The minimum atomic E-state index is -0.146. The molecule has 3 rings (SSSR count). The van der Waals surface area contributed by atoms with E-state index in [1.807, 2.05) is 12.1 Å². The number of hydrogen-bond acceptors (Lipinski definition) is 2. The van der Waals surface area contributed by atoms with Gasteiger partial charge in [0, 0.05) is 25.2 Å². The molecule has 2 unspecified atom stereocenters. The summed E-state index contributed by atoms with van der Waals surface area (Å²) in [6.07, 6.45) is 3.94. The molecule has 0 bridgehead atoms. The molecule has 92 valence electrons. The second-order valence-electron chi connectivity index (χ2n) is 5.11. The van der Waals surface area contributed by atoms with Gasteiger partial charge in [0.1, 0.15) is 5.82 Å². The van der Waals surface area contributed by atoms with E-state index in [1.165, 1.54) is 31.4 Å². The first-order valence-corrected chi connectivity index (χ1v) is 6.56. The Kier molecular flexibility index (Phi) is 3.12. The van der Waals surface area contributed by atoms with Crippen LogP contribution in [0.2, 0.25) is 0 Å². The van der Waals surface area contributed by atoms with Crippen molar-refractivity contribution in [3.63, 3.8) is 0 Å².